The van der Waals surface area contributed by atoms with E-state index >= 15 is 0 Å². The van der Waals surface area contributed by atoms with Crippen molar-refractivity contribution in [3.8, 4) is 0 Å². The number of fused-ring (bicyclic) bond motifs is 1. The molecule has 2 aromatic carbocycles. The van der Waals surface area contributed by atoms with E-state index in [9.17, 15) is 0 Å². The van der Waals surface area contributed by atoms with Gasteiger partial charge in [-0.25, -0.2) is 0 Å². The Morgan fingerprint density at radius 1 is 1.23 bits per heavy atom. The van der Waals surface area contributed by atoms with Crippen LogP contribution in [0.1, 0.15) is 24.1 Å². The Balaban J connectivity index is 0.000000269. The lowest BCUT2D eigenvalue weighted by molar-refractivity contribution is 0.233. The van der Waals surface area contributed by atoms with Gasteiger partial charge in [-0.3, -0.25) is 0 Å². The van der Waals surface area contributed by atoms with Crippen molar-refractivity contribution < 1.29 is 0 Å². The summed E-state index contributed by atoms with van der Waals surface area (Å²) in [6.07, 6.45) is 4.28. The van der Waals surface area contributed by atoms with E-state index in [0.29, 0.717) is 6.04 Å². The summed E-state index contributed by atoms with van der Waals surface area (Å²) in [7, 11) is 2.17. The van der Waals surface area contributed by atoms with Crippen LogP contribution in [-0.4, -0.2) is 36.1 Å². The SMILES string of the molecule is C=C(NCc1cc2cc(Cl)ccc2[nH]1)NC1CCCN(C)C1.C=Cc1ccccc1. The van der Waals surface area contributed by atoms with E-state index in [4.69, 9.17) is 11.6 Å². The van der Waals surface area contributed by atoms with Crippen molar-refractivity contribution in [2.24, 2.45) is 0 Å². The molecule has 1 unspecified atom stereocenters. The standard InChI is InChI=1S/C17H23ClN4.C8H8/c1-12(20-15-4-3-7-22(2)11-15)19-10-16-9-13-8-14(18)5-6-17(13)21-16;1-2-8-6-4-3-5-7-8/h5-6,8-9,15,19-21H,1,3-4,7,10-11H2,2H3;2-7H,1H2. The van der Waals surface area contributed by atoms with Crippen LogP contribution in [0.15, 0.2) is 73.6 Å². The Morgan fingerprint density at radius 2 is 2.03 bits per heavy atom. The van der Waals surface area contributed by atoms with E-state index in [1.54, 1.807) is 0 Å². The van der Waals surface area contributed by atoms with Gasteiger partial charge < -0.3 is 20.5 Å². The molecular formula is C25H31ClN4. The summed E-state index contributed by atoms with van der Waals surface area (Å²) in [5, 5.41) is 8.73. The van der Waals surface area contributed by atoms with Crippen LogP contribution in [0.25, 0.3) is 17.0 Å². The molecule has 30 heavy (non-hydrogen) atoms. The van der Waals surface area contributed by atoms with Crippen molar-refractivity contribution in [1.82, 2.24) is 20.5 Å². The fourth-order valence-electron chi connectivity index (χ4n) is 3.63. The summed E-state index contributed by atoms with van der Waals surface area (Å²) in [4.78, 5) is 5.75. The molecule has 0 saturated carbocycles. The van der Waals surface area contributed by atoms with E-state index in [1.807, 2.05) is 54.6 Å². The smallest absolute Gasteiger partial charge is 0.0918 e. The first kappa shape index (κ1) is 22.0. The van der Waals surface area contributed by atoms with Gasteiger partial charge in [0.15, 0.2) is 0 Å². The van der Waals surface area contributed by atoms with Crippen LogP contribution < -0.4 is 10.6 Å². The third-order valence-electron chi connectivity index (χ3n) is 5.17. The number of nitrogens with one attached hydrogen (secondary N) is 3. The molecule has 0 aliphatic carbocycles. The minimum Gasteiger partial charge on any atom is -0.368 e. The second-order valence-corrected chi connectivity index (χ2v) is 8.16. The normalized spacial score (nSPS) is 16.4. The topological polar surface area (TPSA) is 43.1 Å². The number of rotatable bonds is 6. The van der Waals surface area contributed by atoms with Crippen molar-refractivity contribution in [2.45, 2.75) is 25.4 Å². The van der Waals surface area contributed by atoms with E-state index in [-0.39, 0.29) is 0 Å². The molecule has 1 saturated heterocycles. The maximum atomic E-state index is 6.02. The minimum absolute atomic E-state index is 0.486. The number of hydrogen-bond donors (Lipinski definition) is 3. The fraction of sp³-hybridized carbons (Fsp3) is 0.280. The molecule has 4 nitrogen and oxygen atoms in total. The summed E-state index contributed by atoms with van der Waals surface area (Å²) < 4.78 is 0. The van der Waals surface area contributed by atoms with Crippen LogP contribution in [-0.2, 0) is 6.54 Å². The molecule has 0 bridgehead atoms. The number of hydrogen-bond acceptors (Lipinski definition) is 3. The molecule has 5 heteroatoms. The molecule has 0 spiro atoms. The van der Waals surface area contributed by atoms with Gasteiger partial charge in [0.05, 0.1) is 12.4 Å². The number of benzene rings is 2. The summed E-state index contributed by atoms with van der Waals surface area (Å²) in [6.45, 7) is 10.7. The molecule has 1 aromatic heterocycles. The lowest BCUT2D eigenvalue weighted by Crippen LogP contribution is -2.45. The van der Waals surface area contributed by atoms with Gasteiger partial charge >= 0.3 is 0 Å². The number of nitrogens with zero attached hydrogens (tertiary/aromatic N) is 1. The molecule has 0 radical (unpaired) electrons. The Kier molecular flexibility index (Phi) is 8.00. The summed E-state index contributed by atoms with van der Waals surface area (Å²) in [5.41, 5.74) is 3.40. The number of halogens is 1. The molecule has 158 valence electrons. The fourth-order valence-corrected chi connectivity index (χ4v) is 3.81. The molecule has 3 aromatic rings. The number of aromatic nitrogens is 1. The van der Waals surface area contributed by atoms with Crippen LogP contribution >= 0.6 is 11.6 Å². The highest BCUT2D eigenvalue weighted by atomic mass is 35.5. The van der Waals surface area contributed by atoms with Gasteiger partial charge in [-0.1, -0.05) is 61.2 Å². The Morgan fingerprint density at radius 3 is 2.73 bits per heavy atom. The maximum Gasteiger partial charge on any atom is 0.0918 e. The van der Waals surface area contributed by atoms with E-state index in [1.165, 1.54) is 24.9 Å². The molecule has 3 N–H and O–H groups in total. The number of H-pyrrole nitrogens is 1. The first-order valence-corrected chi connectivity index (χ1v) is 10.7. The van der Waals surface area contributed by atoms with E-state index < -0.39 is 0 Å². The Hall–Kier alpha value is -2.69. The average Bonchev–Trinajstić information content (AvgIpc) is 3.15. The number of likely N-dealkylation sites (N-methyl/N-ethyl adjacent to an activating group) is 1. The highest BCUT2D eigenvalue weighted by Gasteiger charge is 2.16. The van der Waals surface area contributed by atoms with E-state index in [2.05, 4.69) is 46.8 Å². The quantitative estimate of drug-likeness (QED) is 0.498. The van der Waals surface area contributed by atoms with Gasteiger partial charge in [0, 0.05) is 34.2 Å². The molecular weight excluding hydrogens is 392 g/mol. The van der Waals surface area contributed by atoms with Crippen molar-refractivity contribution in [3.63, 3.8) is 0 Å². The second-order valence-electron chi connectivity index (χ2n) is 7.72. The van der Waals surface area contributed by atoms with Crippen LogP contribution in [0.2, 0.25) is 5.02 Å². The lowest BCUT2D eigenvalue weighted by atomic mass is 10.1. The zero-order valence-electron chi connectivity index (χ0n) is 17.6. The van der Waals surface area contributed by atoms with Crippen molar-refractivity contribution in [1.29, 1.82) is 0 Å². The van der Waals surface area contributed by atoms with E-state index in [0.717, 1.165) is 40.5 Å². The van der Waals surface area contributed by atoms with Crippen molar-refractivity contribution >= 4 is 28.6 Å². The number of aromatic amines is 1. The zero-order valence-corrected chi connectivity index (χ0v) is 18.4. The zero-order chi connectivity index (χ0) is 21.3. The Labute approximate surface area is 184 Å². The Bertz CT molecular complexity index is 964. The molecule has 1 atom stereocenters. The molecule has 1 fully saturated rings. The predicted octanol–water partition coefficient (Wildman–Crippen LogP) is 5.40. The summed E-state index contributed by atoms with van der Waals surface area (Å²) in [5.74, 6) is 0.886. The van der Waals surface area contributed by atoms with Gasteiger partial charge in [0.25, 0.3) is 0 Å². The van der Waals surface area contributed by atoms with Gasteiger partial charge in [-0.2, -0.15) is 0 Å². The molecule has 0 amide bonds. The number of likely N-dealkylation sites (tertiary alicyclic amines) is 1. The van der Waals surface area contributed by atoms with Crippen molar-refractivity contribution in [3.05, 3.63) is 89.9 Å². The van der Waals surface area contributed by atoms with Gasteiger partial charge in [-0.15, -0.1) is 0 Å². The van der Waals surface area contributed by atoms with Gasteiger partial charge in [-0.05, 0) is 56.3 Å². The number of piperidine rings is 1. The average molecular weight is 423 g/mol. The molecule has 1 aliphatic heterocycles. The predicted molar refractivity (Wildman–Crippen MR) is 129 cm³/mol. The van der Waals surface area contributed by atoms with Crippen molar-refractivity contribution in [2.75, 3.05) is 20.1 Å². The molecule has 2 heterocycles. The highest BCUT2D eigenvalue weighted by Crippen LogP contribution is 2.20. The first-order valence-electron chi connectivity index (χ1n) is 10.4. The third-order valence-corrected chi connectivity index (χ3v) is 5.40. The van der Waals surface area contributed by atoms with Crippen LogP contribution in [0.5, 0.6) is 0 Å². The van der Waals surface area contributed by atoms with Crippen LogP contribution in [0.4, 0.5) is 0 Å². The largest absolute Gasteiger partial charge is 0.368 e. The minimum atomic E-state index is 0.486. The first-order chi connectivity index (χ1) is 14.5. The summed E-state index contributed by atoms with van der Waals surface area (Å²) in [6, 6.07) is 18.5. The third kappa shape index (κ3) is 6.68. The maximum absolute atomic E-state index is 6.02. The molecule has 4 rings (SSSR count). The lowest BCUT2D eigenvalue weighted by Gasteiger charge is -2.31. The van der Waals surface area contributed by atoms with Crippen LogP contribution in [0, 0.1) is 0 Å². The van der Waals surface area contributed by atoms with Gasteiger partial charge in [0.2, 0.25) is 0 Å². The van der Waals surface area contributed by atoms with Gasteiger partial charge in [0.1, 0.15) is 0 Å². The molecule has 1 aliphatic rings. The monoisotopic (exact) mass is 422 g/mol. The van der Waals surface area contributed by atoms with Crippen LogP contribution in [0.3, 0.4) is 0 Å². The second kappa shape index (κ2) is 10.9. The summed E-state index contributed by atoms with van der Waals surface area (Å²) >= 11 is 6.02. The highest BCUT2D eigenvalue weighted by molar-refractivity contribution is 6.31.